The van der Waals surface area contributed by atoms with Crippen LogP contribution in [0.15, 0.2) is 22.7 Å². The quantitative estimate of drug-likeness (QED) is 0.451. The maximum Gasteiger partial charge on any atom is 0.433 e. The van der Waals surface area contributed by atoms with Gasteiger partial charge in [0.05, 0.1) is 12.3 Å². The molecule has 0 unspecified atom stereocenters. The van der Waals surface area contributed by atoms with E-state index in [0.29, 0.717) is 5.69 Å². The van der Waals surface area contributed by atoms with Crippen LogP contribution in [0.4, 0.5) is 11.8 Å². The van der Waals surface area contributed by atoms with Crippen molar-refractivity contribution >= 4 is 24.0 Å². The highest BCUT2D eigenvalue weighted by Crippen LogP contribution is 2.17. The molecule has 0 bridgehead atoms. The van der Waals surface area contributed by atoms with Gasteiger partial charge in [0.15, 0.2) is 0 Å². The van der Waals surface area contributed by atoms with Gasteiger partial charge in [-0.25, -0.2) is 4.98 Å². The smallest absolute Gasteiger partial charge is 0.401 e. The number of aromatic nitrogens is 3. The van der Waals surface area contributed by atoms with Crippen molar-refractivity contribution in [2.75, 3.05) is 11.9 Å². The molecule has 2 heterocycles. The fourth-order valence-electron chi connectivity index (χ4n) is 1.32. The van der Waals surface area contributed by atoms with Gasteiger partial charge in [-0.1, -0.05) is 0 Å². The van der Waals surface area contributed by atoms with Crippen molar-refractivity contribution in [2.45, 2.75) is 6.41 Å². The molecule has 0 atom stereocenters. The van der Waals surface area contributed by atoms with E-state index in [1.807, 2.05) is 0 Å². The van der Waals surface area contributed by atoms with Crippen LogP contribution >= 0.6 is 0 Å². The van der Waals surface area contributed by atoms with Crippen molar-refractivity contribution in [2.24, 2.45) is 0 Å². The first-order chi connectivity index (χ1) is 9.97. The largest absolute Gasteiger partial charge is 0.433 e. The van der Waals surface area contributed by atoms with Crippen LogP contribution in [0.2, 0.25) is 0 Å². The molecule has 0 aliphatic rings. The van der Waals surface area contributed by atoms with Crippen LogP contribution in [0.5, 0.6) is 0 Å². The average molecular weight is 293 g/mol. The van der Waals surface area contributed by atoms with Gasteiger partial charge in [-0.3, -0.25) is 15.0 Å². The van der Waals surface area contributed by atoms with E-state index in [1.165, 1.54) is 37.5 Å². The fourth-order valence-corrected chi connectivity index (χ4v) is 1.32. The second-order valence-corrected chi connectivity index (χ2v) is 3.91. The molecule has 0 aromatic carbocycles. The molecule has 0 aliphatic heterocycles. The summed E-state index contributed by atoms with van der Waals surface area (Å²) in [7, 11) is 1.39. The van der Waals surface area contributed by atoms with E-state index >= 15 is 0 Å². The molecule has 2 N–H and O–H groups in total. The lowest BCUT2D eigenvalue weighted by Crippen LogP contribution is -2.32. The summed E-state index contributed by atoms with van der Waals surface area (Å²) in [5.74, 6) is -0.0287. The van der Waals surface area contributed by atoms with Crippen LogP contribution in [-0.2, 0) is 0 Å². The number of furan rings is 1. The van der Waals surface area contributed by atoms with Gasteiger partial charge in [0.2, 0.25) is 12.4 Å². The van der Waals surface area contributed by atoms with Crippen LogP contribution in [-0.4, -0.2) is 43.8 Å². The lowest BCUT2D eigenvalue weighted by atomic mass is 10.3. The molecule has 0 fully saturated rings. The van der Waals surface area contributed by atoms with E-state index in [4.69, 9.17) is 14.6 Å². The SMILES string of the molecule is CN(c1ncc(C=Cc2ccc([N+](=O)[O-])o2)nn1)C(O)O. The molecule has 2 rings (SSSR count). The van der Waals surface area contributed by atoms with Crippen LogP contribution in [0, 0.1) is 10.1 Å². The summed E-state index contributed by atoms with van der Waals surface area (Å²) in [6, 6.07) is 2.68. The van der Waals surface area contributed by atoms with E-state index in [0.717, 1.165) is 4.90 Å². The summed E-state index contributed by atoms with van der Waals surface area (Å²) >= 11 is 0. The monoisotopic (exact) mass is 293 g/mol. The fraction of sp³-hybridized carbons (Fsp3) is 0.182. The Bertz CT molecular complexity index is 651. The topological polar surface area (TPSA) is 139 Å². The number of anilines is 1. The van der Waals surface area contributed by atoms with Crippen molar-refractivity contribution in [3.8, 4) is 0 Å². The molecule has 10 nitrogen and oxygen atoms in total. The zero-order valence-corrected chi connectivity index (χ0v) is 10.8. The van der Waals surface area contributed by atoms with Gasteiger partial charge in [-0.2, -0.15) is 0 Å². The molecular weight excluding hydrogens is 282 g/mol. The Morgan fingerprint density at radius 2 is 2.14 bits per heavy atom. The highest BCUT2D eigenvalue weighted by molar-refractivity contribution is 5.65. The van der Waals surface area contributed by atoms with Gasteiger partial charge < -0.3 is 14.6 Å². The molecule has 2 aromatic heterocycles. The molecule has 0 aliphatic carbocycles. The van der Waals surface area contributed by atoms with Gasteiger partial charge in [0, 0.05) is 7.05 Å². The van der Waals surface area contributed by atoms with Crippen molar-refractivity contribution in [1.29, 1.82) is 0 Å². The third-order valence-corrected chi connectivity index (χ3v) is 2.44. The predicted molar refractivity (Wildman–Crippen MR) is 70.7 cm³/mol. The van der Waals surface area contributed by atoms with E-state index in [-0.39, 0.29) is 17.6 Å². The van der Waals surface area contributed by atoms with Crippen LogP contribution in [0.25, 0.3) is 12.2 Å². The van der Waals surface area contributed by atoms with Crippen molar-refractivity contribution < 1.29 is 19.6 Å². The minimum atomic E-state index is -1.73. The molecular formula is C11H11N5O5. The Balaban J connectivity index is 2.08. The third kappa shape index (κ3) is 3.58. The molecule has 21 heavy (non-hydrogen) atoms. The third-order valence-electron chi connectivity index (χ3n) is 2.44. The van der Waals surface area contributed by atoms with Gasteiger partial charge >= 0.3 is 5.88 Å². The molecule has 10 heteroatoms. The lowest BCUT2D eigenvalue weighted by molar-refractivity contribution is -0.402. The molecule has 0 spiro atoms. The summed E-state index contributed by atoms with van der Waals surface area (Å²) in [6.07, 6.45) is 2.61. The van der Waals surface area contributed by atoms with Crippen LogP contribution in [0.1, 0.15) is 11.5 Å². The maximum atomic E-state index is 10.5. The Kier molecular flexibility index (Phi) is 4.21. The van der Waals surface area contributed by atoms with Gasteiger partial charge in [0.1, 0.15) is 16.4 Å². The second-order valence-electron chi connectivity index (χ2n) is 3.91. The maximum absolute atomic E-state index is 10.5. The molecule has 0 saturated carbocycles. The van der Waals surface area contributed by atoms with E-state index < -0.39 is 11.3 Å². The summed E-state index contributed by atoms with van der Waals surface area (Å²) < 4.78 is 4.93. The van der Waals surface area contributed by atoms with Gasteiger partial charge in [-0.15, -0.1) is 10.2 Å². The number of nitro groups is 1. The Labute approximate surface area is 118 Å². The first-order valence-electron chi connectivity index (χ1n) is 5.68. The zero-order valence-electron chi connectivity index (χ0n) is 10.8. The number of hydrogen-bond donors (Lipinski definition) is 2. The van der Waals surface area contributed by atoms with Gasteiger partial charge in [0.25, 0.3) is 0 Å². The lowest BCUT2D eigenvalue weighted by Gasteiger charge is -2.17. The minimum Gasteiger partial charge on any atom is -0.401 e. The first kappa shape index (κ1) is 14.6. The summed E-state index contributed by atoms with van der Waals surface area (Å²) in [6.45, 7) is 0. The van der Waals surface area contributed by atoms with Crippen molar-refractivity contribution in [1.82, 2.24) is 15.2 Å². The van der Waals surface area contributed by atoms with Crippen LogP contribution < -0.4 is 4.90 Å². The summed E-state index contributed by atoms with van der Waals surface area (Å²) in [5.41, 5.74) is 0.374. The standard InChI is InChI=1S/C11H11N5O5/c1-15(11(17)18)10-12-6-7(13-14-10)2-3-8-4-5-9(21-8)16(19)20/h2-6,11,17-18H,1H3. The van der Waals surface area contributed by atoms with Crippen molar-refractivity contribution in [3.63, 3.8) is 0 Å². The molecule has 0 radical (unpaired) electrons. The predicted octanol–water partition coefficient (Wildman–Crippen LogP) is 0.248. The number of rotatable bonds is 5. The van der Waals surface area contributed by atoms with E-state index in [9.17, 15) is 10.1 Å². The molecule has 0 amide bonds. The minimum absolute atomic E-state index is 0.0378. The Morgan fingerprint density at radius 3 is 2.67 bits per heavy atom. The molecule has 2 aromatic rings. The molecule has 0 saturated heterocycles. The summed E-state index contributed by atoms with van der Waals surface area (Å²) in [5, 5.41) is 35.8. The highest BCUT2D eigenvalue weighted by Gasteiger charge is 2.11. The number of aliphatic hydroxyl groups is 2. The van der Waals surface area contributed by atoms with E-state index in [1.54, 1.807) is 0 Å². The Morgan fingerprint density at radius 1 is 1.38 bits per heavy atom. The van der Waals surface area contributed by atoms with E-state index in [2.05, 4.69) is 15.2 Å². The number of nitrogens with zero attached hydrogens (tertiary/aromatic N) is 5. The highest BCUT2D eigenvalue weighted by atomic mass is 16.6. The van der Waals surface area contributed by atoms with Gasteiger partial charge in [-0.05, 0) is 18.2 Å². The second kappa shape index (κ2) is 6.07. The average Bonchev–Trinajstić information content (AvgIpc) is 2.94. The first-order valence-corrected chi connectivity index (χ1v) is 5.68. The normalized spacial score (nSPS) is 11.2. The summed E-state index contributed by atoms with van der Waals surface area (Å²) in [4.78, 5) is 14.7. The molecule has 110 valence electrons. The number of aliphatic hydroxyl groups excluding tert-OH is 1. The Hall–Kier alpha value is -2.85. The number of hydrogen-bond acceptors (Lipinski definition) is 9. The zero-order chi connectivity index (χ0) is 15.4. The van der Waals surface area contributed by atoms with Crippen molar-refractivity contribution in [3.05, 3.63) is 39.9 Å². The van der Waals surface area contributed by atoms with Crippen LogP contribution in [0.3, 0.4) is 0 Å².